The van der Waals surface area contributed by atoms with Crippen molar-refractivity contribution in [3.63, 3.8) is 0 Å². The van der Waals surface area contributed by atoms with Crippen LogP contribution in [0, 0.1) is 12.8 Å². The lowest BCUT2D eigenvalue weighted by Gasteiger charge is -2.24. The fraction of sp³-hybridized carbons (Fsp3) is 0.667. The van der Waals surface area contributed by atoms with Crippen LogP contribution >= 0.6 is 0 Å². The molecule has 0 N–H and O–H groups in total. The molecule has 1 aromatic rings. The molecule has 0 unspecified atom stereocenters. The summed E-state index contributed by atoms with van der Waals surface area (Å²) in [6, 6.07) is 0. The van der Waals surface area contributed by atoms with E-state index in [1.54, 1.807) is 6.39 Å². The Bertz CT molecular complexity index is 237. The topological polar surface area (TPSA) is 26.0 Å². The second kappa shape index (κ2) is 2.68. The molecular weight excluding hydrogens is 138 g/mol. The van der Waals surface area contributed by atoms with Crippen molar-refractivity contribution in [2.24, 2.45) is 5.92 Å². The van der Waals surface area contributed by atoms with E-state index in [2.05, 4.69) is 4.98 Å². The predicted octanol–water partition coefficient (Wildman–Crippen LogP) is 2.33. The van der Waals surface area contributed by atoms with E-state index < -0.39 is 0 Å². The second-order valence-electron chi connectivity index (χ2n) is 3.36. The van der Waals surface area contributed by atoms with Crippen molar-refractivity contribution >= 4 is 0 Å². The number of hydrogen-bond acceptors (Lipinski definition) is 2. The number of nitrogens with zero attached hydrogens (tertiary/aromatic N) is 1. The monoisotopic (exact) mass is 151 g/mol. The van der Waals surface area contributed by atoms with E-state index in [-0.39, 0.29) is 0 Å². The molecule has 1 aliphatic carbocycles. The molecule has 1 heterocycles. The van der Waals surface area contributed by atoms with Gasteiger partial charge >= 0.3 is 0 Å². The fourth-order valence-corrected chi connectivity index (χ4v) is 1.49. The first kappa shape index (κ1) is 6.89. The first-order valence-corrected chi connectivity index (χ1v) is 4.25. The Hall–Kier alpha value is -0.790. The molecule has 2 rings (SSSR count). The molecule has 0 radical (unpaired) electrons. The maximum absolute atomic E-state index is 5.12. The maximum atomic E-state index is 5.12. The van der Waals surface area contributed by atoms with Crippen molar-refractivity contribution in [2.45, 2.75) is 32.6 Å². The molecule has 11 heavy (non-hydrogen) atoms. The van der Waals surface area contributed by atoms with Gasteiger partial charge in [-0.1, -0.05) is 19.3 Å². The summed E-state index contributed by atoms with van der Waals surface area (Å²) in [7, 11) is 0. The normalized spacial score (nSPS) is 18.3. The van der Waals surface area contributed by atoms with Crippen LogP contribution in [0.15, 0.2) is 10.8 Å². The first-order chi connectivity index (χ1) is 5.36. The fourth-order valence-electron chi connectivity index (χ4n) is 1.49. The highest BCUT2D eigenvalue weighted by molar-refractivity contribution is 5.06. The highest BCUT2D eigenvalue weighted by Crippen LogP contribution is 2.29. The van der Waals surface area contributed by atoms with Gasteiger partial charge in [0.25, 0.3) is 0 Å². The van der Waals surface area contributed by atoms with Gasteiger partial charge < -0.3 is 4.42 Å². The quantitative estimate of drug-likeness (QED) is 0.648. The van der Waals surface area contributed by atoms with E-state index in [9.17, 15) is 0 Å². The molecule has 2 nitrogen and oxygen atoms in total. The zero-order chi connectivity index (χ0) is 7.68. The van der Waals surface area contributed by atoms with Crippen molar-refractivity contribution in [1.82, 2.24) is 4.98 Å². The van der Waals surface area contributed by atoms with Crippen LogP contribution in [-0.2, 0) is 6.42 Å². The van der Waals surface area contributed by atoms with E-state index >= 15 is 0 Å². The Morgan fingerprint density at radius 3 is 2.91 bits per heavy atom. The molecule has 1 aromatic heterocycles. The zero-order valence-electron chi connectivity index (χ0n) is 6.84. The number of oxazole rings is 1. The minimum Gasteiger partial charge on any atom is -0.449 e. The van der Waals surface area contributed by atoms with Gasteiger partial charge in [0, 0.05) is 0 Å². The van der Waals surface area contributed by atoms with Gasteiger partial charge in [-0.3, -0.25) is 0 Å². The number of aromatic nitrogens is 1. The van der Waals surface area contributed by atoms with E-state index in [1.165, 1.54) is 19.3 Å². The summed E-state index contributed by atoms with van der Waals surface area (Å²) >= 11 is 0. The smallest absolute Gasteiger partial charge is 0.181 e. The summed E-state index contributed by atoms with van der Waals surface area (Å²) in [5.41, 5.74) is 1.16. The Morgan fingerprint density at radius 2 is 2.45 bits per heavy atom. The van der Waals surface area contributed by atoms with Crippen LogP contribution in [-0.4, -0.2) is 4.98 Å². The molecule has 60 valence electrons. The summed E-state index contributed by atoms with van der Waals surface area (Å²) in [6.45, 7) is 1.99. The van der Waals surface area contributed by atoms with Crippen LogP contribution < -0.4 is 0 Å². The Balaban J connectivity index is 1.99. The van der Waals surface area contributed by atoms with Crippen molar-refractivity contribution in [3.05, 3.63) is 17.8 Å². The van der Waals surface area contributed by atoms with Crippen LogP contribution in [0.4, 0.5) is 0 Å². The van der Waals surface area contributed by atoms with E-state index in [1.807, 2.05) is 6.92 Å². The van der Waals surface area contributed by atoms with Gasteiger partial charge in [-0.15, -0.1) is 0 Å². The number of aryl methyl sites for hydroxylation is 1. The maximum Gasteiger partial charge on any atom is 0.181 e. The predicted molar refractivity (Wildman–Crippen MR) is 42.3 cm³/mol. The highest BCUT2D eigenvalue weighted by Gasteiger charge is 2.19. The van der Waals surface area contributed by atoms with Gasteiger partial charge in [-0.05, 0) is 19.3 Å². The third kappa shape index (κ3) is 1.30. The molecule has 0 spiro atoms. The van der Waals surface area contributed by atoms with Crippen LogP contribution in [0.5, 0.6) is 0 Å². The molecule has 0 aliphatic heterocycles. The third-order valence-corrected chi connectivity index (χ3v) is 2.55. The number of rotatable bonds is 2. The lowest BCUT2D eigenvalue weighted by molar-refractivity contribution is 0.311. The molecule has 0 amide bonds. The van der Waals surface area contributed by atoms with Crippen molar-refractivity contribution in [1.29, 1.82) is 0 Å². The molecule has 0 saturated heterocycles. The van der Waals surface area contributed by atoms with E-state index in [4.69, 9.17) is 4.42 Å². The van der Waals surface area contributed by atoms with Gasteiger partial charge in [0.05, 0.1) is 5.69 Å². The van der Waals surface area contributed by atoms with E-state index in [0.29, 0.717) is 0 Å². The third-order valence-electron chi connectivity index (χ3n) is 2.55. The SMILES string of the molecule is Cc1ocnc1CC1CCC1. The summed E-state index contributed by atoms with van der Waals surface area (Å²) in [5.74, 6) is 1.88. The van der Waals surface area contributed by atoms with Crippen LogP contribution in [0.1, 0.15) is 30.7 Å². The van der Waals surface area contributed by atoms with Gasteiger partial charge in [-0.2, -0.15) is 0 Å². The minimum atomic E-state index is 0.888. The lowest BCUT2D eigenvalue weighted by atomic mass is 9.82. The Morgan fingerprint density at radius 1 is 1.64 bits per heavy atom. The minimum absolute atomic E-state index is 0.888. The summed E-state index contributed by atoms with van der Waals surface area (Å²) in [4.78, 5) is 4.17. The highest BCUT2D eigenvalue weighted by atomic mass is 16.3. The van der Waals surface area contributed by atoms with Crippen molar-refractivity contribution < 1.29 is 4.42 Å². The molecule has 1 saturated carbocycles. The molecule has 1 fully saturated rings. The Labute approximate surface area is 66.6 Å². The van der Waals surface area contributed by atoms with Crippen molar-refractivity contribution in [2.75, 3.05) is 0 Å². The van der Waals surface area contributed by atoms with Gasteiger partial charge in [0.2, 0.25) is 0 Å². The molecule has 0 atom stereocenters. The van der Waals surface area contributed by atoms with Crippen molar-refractivity contribution in [3.8, 4) is 0 Å². The summed E-state index contributed by atoms with van der Waals surface area (Å²) < 4.78 is 5.12. The van der Waals surface area contributed by atoms with Crippen LogP contribution in [0.25, 0.3) is 0 Å². The summed E-state index contributed by atoms with van der Waals surface area (Å²) in [5, 5.41) is 0. The molecule has 0 aromatic carbocycles. The van der Waals surface area contributed by atoms with Gasteiger partial charge in [0.15, 0.2) is 6.39 Å². The average Bonchev–Trinajstić information content (AvgIpc) is 2.27. The standard InChI is InChI=1S/C9H13NO/c1-7-9(10-6-11-7)5-8-3-2-4-8/h6,8H,2-5H2,1H3. The lowest BCUT2D eigenvalue weighted by Crippen LogP contribution is -2.14. The molecule has 1 aliphatic rings. The first-order valence-electron chi connectivity index (χ1n) is 4.25. The molecular formula is C9H13NO. The molecule has 0 bridgehead atoms. The average molecular weight is 151 g/mol. The van der Waals surface area contributed by atoms with E-state index in [0.717, 1.165) is 23.8 Å². The zero-order valence-corrected chi connectivity index (χ0v) is 6.84. The Kier molecular flexibility index (Phi) is 1.68. The second-order valence-corrected chi connectivity index (χ2v) is 3.36. The van der Waals surface area contributed by atoms with Gasteiger partial charge in [-0.25, -0.2) is 4.98 Å². The largest absolute Gasteiger partial charge is 0.449 e. The van der Waals surface area contributed by atoms with Crippen LogP contribution in [0.3, 0.4) is 0 Å². The van der Waals surface area contributed by atoms with Crippen LogP contribution in [0.2, 0.25) is 0 Å². The summed E-state index contributed by atoms with van der Waals surface area (Å²) in [6.07, 6.45) is 6.84. The van der Waals surface area contributed by atoms with Gasteiger partial charge in [0.1, 0.15) is 5.76 Å². The molecule has 2 heteroatoms. The number of hydrogen-bond donors (Lipinski definition) is 0.